The summed E-state index contributed by atoms with van der Waals surface area (Å²) in [6.07, 6.45) is 0.843. The summed E-state index contributed by atoms with van der Waals surface area (Å²) in [5, 5.41) is 3.13. The van der Waals surface area contributed by atoms with Gasteiger partial charge in [0.1, 0.15) is 5.82 Å². The lowest BCUT2D eigenvalue weighted by Gasteiger charge is -2.18. The molecule has 2 aromatic heterocycles. The van der Waals surface area contributed by atoms with E-state index in [-0.39, 0.29) is 11.9 Å². The number of imidazole rings is 1. The molecule has 0 aliphatic heterocycles. The molecule has 23 heavy (non-hydrogen) atoms. The minimum atomic E-state index is -0.114. The molecule has 1 amide bonds. The number of fused-ring (bicyclic) bond motifs is 1. The van der Waals surface area contributed by atoms with Crippen molar-refractivity contribution < 1.29 is 4.79 Å². The highest BCUT2D eigenvalue weighted by Crippen LogP contribution is 2.23. The molecule has 3 rings (SSSR count). The molecular weight excluding hydrogens is 306 g/mol. The van der Waals surface area contributed by atoms with Crippen molar-refractivity contribution in [3.05, 3.63) is 52.0 Å². The van der Waals surface area contributed by atoms with Crippen molar-refractivity contribution in [3.8, 4) is 0 Å². The summed E-state index contributed by atoms with van der Waals surface area (Å²) in [6, 6.07) is 11.7. The highest BCUT2D eigenvalue weighted by atomic mass is 32.1. The number of aryl methyl sites for hydroxylation is 1. The zero-order valence-corrected chi connectivity index (χ0v) is 14.4. The zero-order chi connectivity index (χ0) is 16.4. The van der Waals surface area contributed by atoms with Gasteiger partial charge in [-0.25, -0.2) is 4.98 Å². The van der Waals surface area contributed by atoms with Crippen molar-refractivity contribution in [3.63, 3.8) is 0 Å². The third kappa shape index (κ3) is 3.62. The minimum Gasteiger partial charge on any atom is -0.341 e. The quantitative estimate of drug-likeness (QED) is 0.727. The van der Waals surface area contributed by atoms with Crippen LogP contribution in [0.25, 0.3) is 11.0 Å². The third-order valence-corrected chi connectivity index (χ3v) is 4.71. The number of nitrogens with one attached hydrogen (secondary N) is 2. The molecule has 0 unspecified atom stereocenters. The van der Waals surface area contributed by atoms with Crippen molar-refractivity contribution in [2.45, 2.75) is 33.2 Å². The summed E-state index contributed by atoms with van der Waals surface area (Å²) in [4.78, 5) is 22.4. The number of hydrogen-bond donors (Lipinski definition) is 2. The second-order valence-electron chi connectivity index (χ2n) is 6.21. The normalized spacial score (nSPS) is 12.7. The predicted octanol–water partition coefficient (Wildman–Crippen LogP) is 4.45. The van der Waals surface area contributed by atoms with E-state index < -0.39 is 0 Å². The van der Waals surface area contributed by atoms with Crippen molar-refractivity contribution >= 4 is 28.3 Å². The van der Waals surface area contributed by atoms with E-state index in [2.05, 4.69) is 29.1 Å². The minimum absolute atomic E-state index is 0.0331. The van der Waals surface area contributed by atoms with E-state index >= 15 is 0 Å². The molecule has 0 saturated carbocycles. The first kappa shape index (κ1) is 15.7. The highest BCUT2D eigenvalue weighted by molar-refractivity contribution is 7.13. The van der Waals surface area contributed by atoms with Crippen LogP contribution in [0.5, 0.6) is 0 Å². The number of carbonyl (C=O) groups excluding carboxylic acids is 1. The lowest BCUT2D eigenvalue weighted by Crippen LogP contribution is -2.29. The van der Waals surface area contributed by atoms with Crippen LogP contribution in [-0.4, -0.2) is 15.9 Å². The van der Waals surface area contributed by atoms with Crippen LogP contribution >= 0.6 is 11.3 Å². The molecule has 0 aliphatic rings. The average molecular weight is 327 g/mol. The van der Waals surface area contributed by atoms with E-state index in [9.17, 15) is 4.79 Å². The summed E-state index contributed by atoms with van der Waals surface area (Å²) < 4.78 is 0. The largest absolute Gasteiger partial charge is 0.341 e. The van der Waals surface area contributed by atoms with E-state index in [1.54, 1.807) is 0 Å². The van der Waals surface area contributed by atoms with Gasteiger partial charge in [0.05, 0.1) is 22.0 Å². The molecular formula is C18H21N3OS. The first-order valence-electron chi connectivity index (χ1n) is 7.85. The smallest absolute Gasteiger partial charge is 0.261 e. The molecule has 0 aliphatic carbocycles. The second-order valence-corrected chi connectivity index (χ2v) is 7.49. The number of aromatic amines is 1. The van der Waals surface area contributed by atoms with E-state index in [1.165, 1.54) is 11.3 Å². The number of rotatable bonds is 5. The van der Waals surface area contributed by atoms with Crippen molar-refractivity contribution in [1.29, 1.82) is 0 Å². The van der Waals surface area contributed by atoms with Crippen LogP contribution in [0.1, 0.15) is 46.7 Å². The van der Waals surface area contributed by atoms with E-state index in [1.807, 2.05) is 43.3 Å². The van der Waals surface area contributed by atoms with Gasteiger partial charge in [-0.2, -0.15) is 0 Å². The summed E-state index contributed by atoms with van der Waals surface area (Å²) in [6.45, 7) is 6.31. The molecule has 3 aromatic rings. The summed E-state index contributed by atoms with van der Waals surface area (Å²) >= 11 is 1.51. The Balaban J connectivity index is 1.86. The van der Waals surface area contributed by atoms with Crippen LogP contribution in [0.4, 0.5) is 0 Å². The first-order chi connectivity index (χ1) is 11.0. The van der Waals surface area contributed by atoms with E-state index in [0.29, 0.717) is 5.92 Å². The molecule has 2 N–H and O–H groups in total. The van der Waals surface area contributed by atoms with Gasteiger partial charge >= 0.3 is 0 Å². The number of nitrogens with zero attached hydrogens (tertiary/aromatic N) is 1. The van der Waals surface area contributed by atoms with Crippen molar-refractivity contribution in [1.82, 2.24) is 15.3 Å². The van der Waals surface area contributed by atoms with E-state index in [4.69, 9.17) is 0 Å². The van der Waals surface area contributed by atoms with Gasteiger partial charge < -0.3 is 10.3 Å². The number of amides is 1. The van der Waals surface area contributed by atoms with Gasteiger partial charge in [-0.05, 0) is 43.5 Å². The van der Waals surface area contributed by atoms with E-state index in [0.717, 1.165) is 33.0 Å². The lowest BCUT2D eigenvalue weighted by atomic mass is 10.0. The number of aromatic nitrogens is 2. The summed E-state index contributed by atoms with van der Waals surface area (Å²) in [5.41, 5.74) is 1.93. The van der Waals surface area contributed by atoms with Gasteiger partial charge in [0, 0.05) is 4.88 Å². The molecule has 120 valence electrons. The molecule has 0 saturated heterocycles. The molecule has 0 fully saturated rings. The van der Waals surface area contributed by atoms with Gasteiger partial charge in [-0.15, -0.1) is 11.3 Å². The van der Waals surface area contributed by atoms with Crippen molar-refractivity contribution in [2.75, 3.05) is 0 Å². The predicted molar refractivity (Wildman–Crippen MR) is 94.8 cm³/mol. The molecule has 4 nitrogen and oxygen atoms in total. The zero-order valence-electron chi connectivity index (χ0n) is 13.6. The summed E-state index contributed by atoms with van der Waals surface area (Å²) in [5.74, 6) is 1.24. The number of para-hydroxylation sites is 2. The van der Waals surface area contributed by atoms with Crippen molar-refractivity contribution in [2.24, 2.45) is 5.92 Å². The number of thiophene rings is 1. The number of H-pyrrole nitrogens is 1. The summed E-state index contributed by atoms with van der Waals surface area (Å²) in [7, 11) is 0. The third-order valence-electron chi connectivity index (χ3n) is 3.71. The molecule has 5 heteroatoms. The maximum atomic E-state index is 12.5. The van der Waals surface area contributed by atoms with Crippen LogP contribution in [0.15, 0.2) is 36.4 Å². The Kier molecular flexibility index (Phi) is 4.48. The molecule has 0 bridgehead atoms. The average Bonchev–Trinajstić information content (AvgIpc) is 3.11. The van der Waals surface area contributed by atoms with Gasteiger partial charge in [0.25, 0.3) is 5.91 Å². The fourth-order valence-electron chi connectivity index (χ4n) is 2.63. The van der Waals surface area contributed by atoms with Gasteiger partial charge in [0.2, 0.25) is 0 Å². The number of carbonyl (C=O) groups is 1. The van der Waals surface area contributed by atoms with Crippen LogP contribution in [0.3, 0.4) is 0 Å². The van der Waals surface area contributed by atoms with Crippen LogP contribution < -0.4 is 5.32 Å². The Bertz CT molecular complexity index is 785. The number of hydrogen-bond acceptors (Lipinski definition) is 3. The van der Waals surface area contributed by atoms with Crippen LogP contribution in [0.2, 0.25) is 0 Å². The highest BCUT2D eigenvalue weighted by Gasteiger charge is 2.21. The Morgan fingerprint density at radius 1 is 1.26 bits per heavy atom. The SMILES string of the molecule is Cc1ccc(C(=O)N[C@H](CC(C)C)c2nc3ccccc3[nH]2)s1. The van der Waals surface area contributed by atoms with Gasteiger partial charge in [0.15, 0.2) is 0 Å². The van der Waals surface area contributed by atoms with Gasteiger partial charge in [-0.3, -0.25) is 4.79 Å². The Morgan fingerprint density at radius 2 is 2.04 bits per heavy atom. The van der Waals surface area contributed by atoms with Crippen LogP contribution in [-0.2, 0) is 0 Å². The Labute approximate surface area is 140 Å². The second kappa shape index (κ2) is 6.54. The number of benzene rings is 1. The fourth-order valence-corrected chi connectivity index (χ4v) is 3.40. The topological polar surface area (TPSA) is 57.8 Å². The maximum Gasteiger partial charge on any atom is 0.261 e. The fraction of sp³-hybridized carbons (Fsp3) is 0.333. The molecule has 2 heterocycles. The molecule has 0 spiro atoms. The lowest BCUT2D eigenvalue weighted by molar-refractivity contribution is 0.0934. The maximum absolute atomic E-state index is 12.5. The standard InChI is InChI=1S/C18H21N3OS/c1-11(2)10-15(21-18(22)16-9-8-12(3)23-16)17-19-13-6-4-5-7-14(13)20-17/h4-9,11,15H,10H2,1-3H3,(H,19,20)(H,21,22)/t15-/m1/s1. The first-order valence-corrected chi connectivity index (χ1v) is 8.66. The van der Waals surface area contributed by atoms with Crippen LogP contribution in [0, 0.1) is 12.8 Å². The molecule has 1 atom stereocenters. The Hall–Kier alpha value is -2.14. The molecule has 0 radical (unpaired) electrons. The monoisotopic (exact) mass is 327 g/mol. The Morgan fingerprint density at radius 3 is 2.70 bits per heavy atom. The molecule has 1 aromatic carbocycles. The van der Waals surface area contributed by atoms with Gasteiger partial charge in [-0.1, -0.05) is 26.0 Å².